The number of ether oxygens (including phenoxy) is 1. The molecule has 0 aliphatic rings. The molecule has 8 heteroatoms. The molecule has 4 aromatic rings. The number of hydrogen-bond donors (Lipinski definition) is 1. The molecule has 0 fully saturated rings. The number of aromatic amines is 1. The Labute approximate surface area is 176 Å². The first kappa shape index (κ1) is 19.3. The molecule has 29 heavy (non-hydrogen) atoms. The van der Waals surface area contributed by atoms with Crippen LogP contribution in [-0.4, -0.2) is 38.4 Å². The van der Waals surface area contributed by atoms with E-state index in [1.807, 2.05) is 53.1 Å². The van der Waals surface area contributed by atoms with E-state index in [0.717, 1.165) is 17.0 Å². The number of ketones is 1. The third kappa shape index (κ3) is 4.06. The molecule has 0 aliphatic carbocycles. The van der Waals surface area contributed by atoms with Gasteiger partial charge in [-0.2, -0.15) is 0 Å². The number of H-pyrrole nitrogens is 1. The average molecular weight is 425 g/mol. The van der Waals surface area contributed by atoms with Crippen molar-refractivity contribution < 1.29 is 9.53 Å². The van der Waals surface area contributed by atoms with E-state index < -0.39 is 0 Å². The fourth-order valence-electron chi connectivity index (χ4n) is 2.86. The van der Waals surface area contributed by atoms with Gasteiger partial charge in [0.05, 0.1) is 23.6 Å². The number of nitrogens with zero attached hydrogens (tertiary/aromatic N) is 3. The molecular formula is C21H17ClN4O2S. The number of halogens is 1. The van der Waals surface area contributed by atoms with Crippen LogP contribution in [0.1, 0.15) is 10.5 Å². The minimum atomic E-state index is -0.0106. The van der Waals surface area contributed by atoms with E-state index in [-0.39, 0.29) is 11.5 Å². The van der Waals surface area contributed by atoms with E-state index in [4.69, 9.17) is 16.3 Å². The summed E-state index contributed by atoms with van der Waals surface area (Å²) in [6.07, 6.45) is 1.73. The molecule has 4 rings (SSSR count). The van der Waals surface area contributed by atoms with Gasteiger partial charge in [0, 0.05) is 17.4 Å². The Hall–Kier alpha value is -3.03. The van der Waals surface area contributed by atoms with Crippen LogP contribution in [0.15, 0.2) is 72.0 Å². The number of rotatable bonds is 7. The number of carbonyl (C=O) groups excluding carboxylic acids is 1. The highest BCUT2D eigenvalue weighted by molar-refractivity contribution is 7.99. The van der Waals surface area contributed by atoms with Gasteiger partial charge in [-0.1, -0.05) is 35.5 Å². The van der Waals surface area contributed by atoms with Crippen molar-refractivity contribution in [2.45, 2.75) is 5.16 Å². The fourth-order valence-corrected chi connectivity index (χ4v) is 3.91. The molecular weight excluding hydrogens is 408 g/mol. The van der Waals surface area contributed by atoms with Crippen LogP contribution in [0.5, 0.6) is 5.75 Å². The zero-order valence-corrected chi connectivity index (χ0v) is 17.1. The lowest BCUT2D eigenvalue weighted by Gasteiger charge is -2.11. The van der Waals surface area contributed by atoms with Gasteiger partial charge in [0.2, 0.25) is 0 Å². The lowest BCUT2D eigenvalue weighted by molar-refractivity contribution is 0.101. The van der Waals surface area contributed by atoms with Gasteiger partial charge in [-0.3, -0.25) is 9.36 Å². The van der Waals surface area contributed by atoms with Crippen molar-refractivity contribution in [2.24, 2.45) is 0 Å². The number of hydrogen-bond acceptors (Lipinski definition) is 5. The van der Waals surface area contributed by atoms with Crippen molar-refractivity contribution in [2.75, 3.05) is 12.9 Å². The second-order valence-corrected chi connectivity index (χ2v) is 7.46. The van der Waals surface area contributed by atoms with Crippen molar-refractivity contribution in [1.29, 1.82) is 0 Å². The van der Waals surface area contributed by atoms with Crippen molar-refractivity contribution in [1.82, 2.24) is 19.7 Å². The summed E-state index contributed by atoms with van der Waals surface area (Å²) in [6.45, 7) is 0. The first-order chi connectivity index (χ1) is 14.2. The molecule has 0 atom stereocenters. The van der Waals surface area contributed by atoms with Crippen LogP contribution in [0, 0.1) is 0 Å². The summed E-state index contributed by atoms with van der Waals surface area (Å²) >= 11 is 7.73. The van der Waals surface area contributed by atoms with Crippen LogP contribution in [0.25, 0.3) is 17.1 Å². The summed E-state index contributed by atoms with van der Waals surface area (Å²) in [7, 11) is 1.62. The molecule has 0 aliphatic heterocycles. The Kier molecular flexibility index (Phi) is 5.69. The van der Waals surface area contributed by atoms with Gasteiger partial charge in [-0.05, 0) is 48.5 Å². The maximum Gasteiger partial charge on any atom is 0.196 e. The summed E-state index contributed by atoms with van der Waals surface area (Å²) in [4.78, 5) is 15.3. The molecule has 0 saturated heterocycles. The molecule has 146 valence electrons. The molecule has 0 spiro atoms. The maximum absolute atomic E-state index is 12.4. The summed E-state index contributed by atoms with van der Waals surface area (Å²) in [5.41, 5.74) is 2.18. The van der Waals surface area contributed by atoms with Gasteiger partial charge >= 0.3 is 0 Å². The largest absolute Gasteiger partial charge is 0.497 e. The summed E-state index contributed by atoms with van der Waals surface area (Å²) in [5, 5.41) is 9.87. The molecule has 0 bridgehead atoms. The smallest absolute Gasteiger partial charge is 0.196 e. The highest BCUT2D eigenvalue weighted by Gasteiger charge is 2.19. The lowest BCUT2D eigenvalue weighted by atomic mass is 10.2. The fraction of sp³-hybridized carbons (Fsp3) is 0.0952. The molecule has 1 N–H and O–H groups in total. The van der Waals surface area contributed by atoms with Crippen LogP contribution in [0.4, 0.5) is 0 Å². The van der Waals surface area contributed by atoms with E-state index in [9.17, 15) is 4.79 Å². The maximum atomic E-state index is 12.4. The quantitative estimate of drug-likeness (QED) is 0.337. The summed E-state index contributed by atoms with van der Waals surface area (Å²) in [6, 6.07) is 18.6. The second-order valence-electron chi connectivity index (χ2n) is 6.12. The number of nitrogens with one attached hydrogen (secondary N) is 1. The Morgan fingerprint density at radius 2 is 1.90 bits per heavy atom. The van der Waals surface area contributed by atoms with E-state index in [2.05, 4.69) is 15.2 Å². The lowest BCUT2D eigenvalue weighted by Crippen LogP contribution is -2.05. The molecule has 0 amide bonds. The van der Waals surface area contributed by atoms with Crippen molar-refractivity contribution in [3.63, 3.8) is 0 Å². The minimum absolute atomic E-state index is 0.0106. The number of Topliss-reactive ketones (excluding diaryl/α,β-unsaturated/α-hetero) is 1. The SMILES string of the molecule is COc1ccc(-n2c(SCC(=O)c3ccc[nH]3)nnc2-c2ccccc2Cl)cc1. The van der Waals surface area contributed by atoms with Gasteiger partial charge in [-0.15, -0.1) is 10.2 Å². The van der Waals surface area contributed by atoms with Gasteiger partial charge in [-0.25, -0.2) is 0 Å². The summed E-state index contributed by atoms with van der Waals surface area (Å²) in [5.74, 6) is 1.58. The van der Waals surface area contributed by atoms with Gasteiger partial charge in [0.25, 0.3) is 0 Å². The molecule has 0 saturated carbocycles. The van der Waals surface area contributed by atoms with E-state index >= 15 is 0 Å². The minimum Gasteiger partial charge on any atom is -0.497 e. The third-order valence-corrected chi connectivity index (χ3v) is 5.57. The molecule has 6 nitrogen and oxygen atoms in total. The average Bonchev–Trinajstić information content (AvgIpc) is 3.43. The molecule has 2 aromatic carbocycles. The first-order valence-corrected chi connectivity index (χ1v) is 10.2. The zero-order chi connectivity index (χ0) is 20.2. The van der Waals surface area contributed by atoms with Gasteiger partial charge in [0.15, 0.2) is 16.8 Å². The van der Waals surface area contributed by atoms with Crippen molar-refractivity contribution in [3.05, 3.63) is 77.6 Å². The first-order valence-electron chi connectivity index (χ1n) is 8.81. The monoisotopic (exact) mass is 424 g/mol. The van der Waals surface area contributed by atoms with Gasteiger partial charge < -0.3 is 9.72 Å². The number of methoxy groups -OCH3 is 1. The van der Waals surface area contributed by atoms with Crippen molar-refractivity contribution >= 4 is 29.1 Å². The normalized spacial score (nSPS) is 10.8. The van der Waals surface area contributed by atoms with Crippen LogP contribution in [0.3, 0.4) is 0 Å². The Bertz CT molecular complexity index is 1120. The van der Waals surface area contributed by atoms with Crippen LogP contribution >= 0.6 is 23.4 Å². The molecule has 0 radical (unpaired) electrons. The topological polar surface area (TPSA) is 72.8 Å². The van der Waals surface area contributed by atoms with Crippen LogP contribution in [-0.2, 0) is 0 Å². The van der Waals surface area contributed by atoms with Crippen molar-refractivity contribution in [3.8, 4) is 22.8 Å². The predicted molar refractivity (Wildman–Crippen MR) is 114 cm³/mol. The molecule has 2 heterocycles. The predicted octanol–water partition coefficient (Wildman–Crippen LogP) is 4.90. The Morgan fingerprint density at radius 3 is 2.59 bits per heavy atom. The highest BCUT2D eigenvalue weighted by Crippen LogP contribution is 2.32. The second kappa shape index (κ2) is 8.55. The Morgan fingerprint density at radius 1 is 1.10 bits per heavy atom. The third-order valence-electron chi connectivity index (χ3n) is 4.31. The Balaban J connectivity index is 1.72. The van der Waals surface area contributed by atoms with E-state index in [0.29, 0.717) is 21.7 Å². The standard InChI is InChI=1S/C21H17ClN4O2S/c1-28-15-10-8-14(9-11-15)26-20(16-5-2-3-6-17(16)22)24-25-21(26)29-13-19(27)18-7-4-12-23-18/h2-12,23H,13H2,1H3. The number of benzene rings is 2. The zero-order valence-electron chi connectivity index (χ0n) is 15.5. The van der Waals surface area contributed by atoms with E-state index in [1.54, 1.807) is 25.4 Å². The molecule has 0 unspecified atom stereocenters. The number of aromatic nitrogens is 4. The van der Waals surface area contributed by atoms with Gasteiger partial charge in [0.1, 0.15) is 5.75 Å². The summed E-state index contributed by atoms with van der Waals surface area (Å²) < 4.78 is 7.15. The highest BCUT2D eigenvalue weighted by atomic mass is 35.5. The molecule has 2 aromatic heterocycles. The number of carbonyl (C=O) groups is 1. The number of thioether (sulfide) groups is 1. The van der Waals surface area contributed by atoms with Crippen LogP contribution < -0.4 is 4.74 Å². The van der Waals surface area contributed by atoms with E-state index in [1.165, 1.54) is 11.8 Å². The van der Waals surface area contributed by atoms with Crippen LogP contribution in [0.2, 0.25) is 5.02 Å².